The van der Waals surface area contributed by atoms with Gasteiger partial charge in [0.25, 0.3) is 0 Å². The smallest absolute Gasteiger partial charge is 0.167 e. The Morgan fingerprint density at radius 2 is 2.38 bits per heavy atom. The summed E-state index contributed by atoms with van der Waals surface area (Å²) in [5.41, 5.74) is 0.850. The predicted octanol–water partition coefficient (Wildman–Crippen LogP) is 2.29. The van der Waals surface area contributed by atoms with E-state index in [1.807, 2.05) is 18.2 Å². The number of terminal acetylenes is 1. The van der Waals surface area contributed by atoms with Crippen LogP contribution in [0.5, 0.6) is 5.75 Å². The summed E-state index contributed by atoms with van der Waals surface area (Å²) in [4.78, 5) is 4.26. The van der Waals surface area contributed by atoms with Gasteiger partial charge in [-0.25, -0.2) is 4.98 Å². The van der Waals surface area contributed by atoms with Gasteiger partial charge in [-0.3, -0.25) is 0 Å². The lowest BCUT2D eigenvalue weighted by atomic mass is 10.3. The predicted molar refractivity (Wildman–Crippen MR) is 54.1 cm³/mol. The number of benzene rings is 1. The van der Waals surface area contributed by atoms with E-state index in [0.717, 1.165) is 16.0 Å². The van der Waals surface area contributed by atoms with Crippen LogP contribution in [0.2, 0.25) is 0 Å². The van der Waals surface area contributed by atoms with Crippen molar-refractivity contribution in [2.75, 3.05) is 7.11 Å². The van der Waals surface area contributed by atoms with Gasteiger partial charge in [-0.2, -0.15) is 0 Å². The molecule has 1 aromatic heterocycles. The lowest BCUT2D eigenvalue weighted by Gasteiger charge is -1.97. The molecule has 0 fully saturated rings. The summed E-state index contributed by atoms with van der Waals surface area (Å²) in [6, 6.07) is 5.79. The first-order valence-corrected chi connectivity index (χ1v) is 4.57. The molecule has 2 aromatic rings. The van der Waals surface area contributed by atoms with Crippen molar-refractivity contribution in [2.24, 2.45) is 0 Å². The molecule has 0 saturated carbocycles. The van der Waals surface area contributed by atoms with E-state index < -0.39 is 0 Å². The van der Waals surface area contributed by atoms with Crippen LogP contribution < -0.4 is 4.74 Å². The van der Waals surface area contributed by atoms with Crippen LogP contribution in [0, 0.1) is 12.3 Å². The standard InChI is InChI=1S/C10H7NOS/c1-3-9-11-10-7(12-2)5-4-6-8(10)13-9/h1,4-6H,2H3. The third kappa shape index (κ3) is 1.25. The summed E-state index contributed by atoms with van der Waals surface area (Å²) in [5, 5.41) is 0.694. The topological polar surface area (TPSA) is 22.1 Å². The molecule has 3 heteroatoms. The van der Waals surface area contributed by atoms with Gasteiger partial charge >= 0.3 is 0 Å². The van der Waals surface area contributed by atoms with Gasteiger partial charge in [0.05, 0.1) is 11.8 Å². The fraction of sp³-hybridized carbons (Fsp3) is 0.100. The molecule has 0 aliphatic rings. The zero-order valence-electron chi connectivity index (χ0n) is 7.07. The van der Waals surface area contributed by atoms with Gasteiger partial charge < -0.3 is 4.74 Å². The lowest BCUT2D eigenvalue weighted by Crippen LogP contribution is -1.83. The maximum atomic E-state index is 5.26. The molecular formula is C10H7NOS. The molecule has 1 heterocycles. The number of ether oxygens (including phenoxy) is 1. The maximum absolute atomic E-state index is 5.26. The monoisotopic (exact) mass is 189 g/mol. The van der Waals surface area contributed by atoms with Crippen molar-refractivity contribution < 1.29 is 4.74 Å². The Hall–Kier alpha value is -1.53. The molecule has 0 atom stereocenters. The van der Waals surface area contributed by atoms with Crippen LogP contribution in [0.3, 0.4) is 0 Å². The number of para-hydroxylation sites is 1. The molecule has 2 rings (SSSR count). The molecule has 0 bridgehead atoms. The van der Waals surface area contributed by atoms with E-state index in [0.29, 0.717) is 5.01 Å². The van der Waals surface area contributed by atoms with Gasteiger partial charge in [-0.05, 0) is 18.1 Å². The van der Waals surface area contributed by atoms with Gasteiger partial charge in [-0.1, -0.05) is 6.07 Å². The molecule has 64 valence electrons. The zero-order chi connectivity index (χ0) is 9.26. The number of fused-ring (bicyclic) bond motifs is 1. The molecule has 0 saturated heterocycles. The summed E-state index contributed by atoms with van der Waals surface area (Å²) >= 11 is 1.50. The van der Waals surface area contributed by atoms with Crippen molar-refractivity contribution in [1.29, 1.82) is 0 Å². The normalized spacial score (nSPS) is 9.85. The van der Waals surface area contributed by atoms with Gasteiger partial charge in [0.1, 0.15) is 11.3 Å². The van der Waals surface area contributed by atoms with Crippen LogP contribution in [0.4, 0.5) is 0 Å². The Morgan fingerprint density at radius 1 is 1.54 bits per heavy atom. The van der Waals surface area contributed by atoms with E-state index in [9.17, 15) is 0 Å². The summed E-state index contributed by atoms with van der Waals surface area (Å²) in [6.07, 6.45) is 5.26. The summed E-state index contributed by atoms with van der Waals surface area (Å²) in [5.74, 6) is 3.29. The fourth-order valence-corrected chi connectivity index (χ4v) is 1.94. The molecule has 13 heavy (non-hydrogen) atoms. The second kappa shape index (κ2) is 3.08. The van der Waals surface area contributed by atoms with Crippen molar-refractivity contribution in [1.82, 2.24) is 4.98 Å². The highest BCUT2D eigenvalue weighted by molar-refractivity contribution is 7.19. The number of hydrogen-bond acceptors (Lipinski definition) is 3. The van der Waals surface area contributed by atoms with Crippen molar-refractivity contribution in [3.8, 4) is 18.1 Å². The SMILES string of the molecule is C#Cc1nc2c(OC)cccc2s1. The molecule has 0 aliphatic carbocycles. The molecule has 0 unspecified atom stereocenters. The third-order valence-corrected chi connectivity index (χ3v) is 2.68. The van der Waals surface area contributed by atoms with Gasteiger partial charge in [0.15, 0.2) is 5.01 Å². The van der Waals surface area contributed by atoms with Crippen LogP contribution >= 0.6 is 11.3 Å². The Labute approximate surface area is 80.2 Å². The minimum atomic E-state index is 0.694. The first-order chi connectivity index (χ1) is 6.35. The average molecular weight is 189 g/mol. The van der Waals surface area contributed by atoms with Crippen LogP contribution in [0.15, 0.2) is 18.2 Å². The van der Waals surface area contributed by atoms with Crippen molar-refractivity contribution in [2.45, 2.75) is 0 Å². The lowest BCUT2D eigenvalue weighted by molar-refractivity contribution is 0.419. The van der Waals surface area contributed by atoms with Gasteiger partial charge in [-0.15, -0.1) is 17.8 Å². The number of rotatable bonds is 1. The number of hydrogen-bond donors (Lipinski definition) is 0. The van der Waals surface area contributed by atoms with Gasteiger partial charge in [0.2, 0.25) is 0 Å². The Bertz CT molecular complexity index is 481. The highest BCUT2D eigenvalue weighted by Crippen LogP contribution is 2.28. The van der Waals surface area contributed by atoms with Crippen molar-refractivity contribution in [3.63, 3.8) is 0 Å². The molecule has 0 spiro atoms. The second-order valence-electron chi connectivity index (χ2n) is 2.47. The van der Waals surface area contributed by atoms with Crippen LogP contribution in [-0.2, 0) is 0 Å². The average Bonchev–Trinajstić information content (AvgIpc) is 2.59. The quantitative estimate of drug-likeness (QED) is 0.642. The second-order valence-corrected chi connectivity index (χ2v) is 3.50. The summed E-state index contributed by atoms with van der Waals surface area (Å²) < 4.78 is 6.22. The molecular weight excluding hydrogens is 182 g/mol. The van der Waals surface area contributed by atoms with Crippen LogP contribution in [0.1, 0.15) is 5.01 Å². The fourth-order valence-electron chi connectivity index (χ4n) is 1.15. The van der Waals surface area contributed by atoms with E-state index in [2.05, 4.69) is 10.9 Å². The van der Waals surface area contributed by atoms with Crippen molar-refractivity contribution in [3.05, 3.63) is 23.2 Å². The Kier molecular flexibility index (Phi) is 1.91. The van der Waals surface area contributed by atoms with Crippen molar-refractivity contribution >= 4 is 21.6 Å². The van der Waals surface area contributed by atoms with Crippen LogP contribution in [0.25, 0.3) is 10.2 Å². The molecule has 0 aliphatic heterocycles. The highest BCUT2D eigenvalue weighted by atomic mass is 32.1. The Morgan fingerprint density at radius 3 is 3.08 bits per heavy atom. The van der Waals surface area contributed by atoms with Crippen LogP contribution in [-0.4, -0.2) is 12.1 Å². The summed E-state index contributed by atoms with van der Waals surface area (Å²) in [6.45, 7) is 0. The molecule has 0 amide bonds. The number of aromatic nitrogens is 1. The van der Waals surface area contributed by atoms with Gasteiger partial charge in [0, 0.05) is 0 Å². The highest BCUT2D eigenvalue weighted by Gasteiger charge is 2.05. The van der Waals surface area contributed by atoms with E-state index in [-0.39, 0.29) is 0 Å². The van der Waals surface area contributed by atoms with E-state index in [4.69, 9.17) is 11.2 Å². The summed E-state index contributed by atoms with van der Waals surface area (Å²) in [7, 11) is 1.63. The first-order valence-electron chi connectivity index (χ1n) is 3.75. The minimum absolute atomic E-state index is 0.694. The number of nitrogens with zero attached hydrogens (tertiary/aromatic N) is 1. The molecule has 0 radical (unpaired) electrons. The molecule has 2 nitrogen and oxygen atoms in total. The third-order valence-electron chi connectivity index (χ3n) is 1.73. The van der Waals surface area contributed by atoms with E-state index in [1.165, 1.54) is 11.3 Å². The largest absolute Gasteiger partial charge is 0.494 e. The zero-order valence-corrected chi connectivity index (χ0v) is 7.89. The maximum Gasteiger partial charge on any atom is 0.167 e. The first kappa shape index (κ1) is 8.09. The Balaban J connectivity index is 2.76. The number of thiazole rings is 1. The molecule has 0 N–H and O–H groups in total. The van der Waals surface area contributed by atoms with E-state index in [1.54, 1.807) is 7.11 Å². The van der Waals surface area contributed by atoms with E-state index >= 15 is 0 Å². The molecule has 1 aromatic carbocycles. The number of methoxy groups -OCH3 is 1. The minimum Gasteiger partial charge on any atom is -0.494 e.